The third-order valence-electron chi connectivity index (χ3n) is 2.35. The predicted molar refractivity (Wildman–Crippen MR) is 72.3 cm³/mol. The van der Waals surface area contributed by atoms with E-state index >= 15 is 0 Å². The van der Waals surface area contributed by atoms with Gasteiger partial charge < -0.3 is 4.90 Å². The van der Waals surface area contributed by atoms with Crippen LogP contribution < -0.4 is 0 Å². The SMILES string of the molecule is C=CC(=O)N(C=Cc1ccccc1)C(C)(C)C. The van der Waals surface area contributed by atoms with Crippen molar-refractivity contribution in [2.75, 3.05) is 0 Å². The van der Waals surface area contributed by atoms with Crippen molar-refractivity contribution in [3.8, 4) is 0 Å². The zero-order valence-corrected chi connectivity index (χ0v) is 10.7. The fourth-order valence-corrected chi connectivity index (χ4v) is 1.45. The number of benzene rings is 1. The molecule has 0 unspecified atom stereocenters. The second-order valence-corrected chi connectivity index (χ2v) is 4.81. The third kappa shape index (κ3) is 3.91. The molecular formula is C15H19NO. The van der Waals surface area contributed by atoms with Gasteiger partial charge in [-0.2, -0.15) is 0 Å². The van der Waals surface area contributed by atoms with Gasteiger partial charge in [0.05, 0.1) is 0 Å². The van der Waals surface area contributed by atoms with Gasteiger partial charge in [0.2, 0.25) is 5.91 Å². The molecule has 1 aromatic rings. The lowest BCUT2D eigenvalue weighted by molar-refractivity contribution is -0.127. The van der Waals surface area contributed by atoms with Crippen LogP contribution in [-0.2, 0) is 4.79 Å². The van der Waals surface area contributed by atoms with Crippen LogP contribution in [0.5, 0.6) is 0 Å². The van der Waals surface area contributed by atoms with Crippen molar-refractivity contribution in [2.45, 2.75) is 26.3 Å². The topological polar surface area (TPSA) is 20.3 Å². The van der Waals surface area contributed by atoms with Crippen LogP contribution in [0.25, 0.3) is 6.08 Å². The maximum atomic E-state index is 11.7. The summed E-state index contributed by atoms with van der Waals surface area (Å²) in [5, 5.41) is 0. The van der Waals surface area contributed by atoms with Gasteiger partial charge in [0.15, 0.2) is 0 Å². The first-order chi connectivity index (χ1) is 7.95. The van der Waals surface area contributed by atoms with E-state index in [0.29, 0.717) is 0 Å². The first kappa shape index (κ1) is 13.2. The summed E-state index contributed by atoms with van der Waals surface area (Å²) in [5.41, 5.74) is 0.815. The molecule has 90 valence electrons. The molecule has 0 N–H and O–H groups in total. The molecule has 1 aromatic carbocycles. The van der Waals surface area contributed by atoms with Crippen LogP contribution in [0.4, 0.5) is 0 Å². The van der Waals surface area contributed by atoms with Gasteiger partial charge in [-0.05, 0) is 38.5 Å². The van der Waals surface area contributed by atoms with E-state index in [9.17, 15) is 4.79 Å². The zero-order valence-electron chi connectivity index (χ0n) is 10.7. The van der Waals surface area contributed by atoms with E-state index in [1.807, 2.05) is 57.2 Å². The average molecular weight is 229 g/mol. The summed E-state index contributed by atoms with van der Waals surface area (Å²) in [6.45, 7) is 9.49. The molecule has 0 aliphatic carbocycles. The summed E-state index contributed by atoms with van der Waals surface area (Å²) in [7, 11) is 0. The molecule has 1 rings (SSSR count). The van der Waals surface area contributed by atoms with Crippen LogP contribution in [-0.4, -0.2) is 16.3 Å². The Morgan fingerprint density at radius 1 is 1.24 bits per heavy atom. The van der Waals surface area contributed by atoms with Gasteiger partial charge in [0.1, 0.15) is 0 Å². The molecule has 0 aromatic heterocycles. The fraction of sp³-hybridized carbons (Fsp3) is 0.267. The first-order valence-corrected chi connectivity index (χ1v) is 5.64. The number of amides is 1. The molecule has 0 aliphatic heterocycles. The van der Waals surface area contributed by atoms with Crippen molar-refractivity contribution in [2.24, 2.45) is 0 Å². The van der Waals surface area contributed by atoms with Gasteiger partial charge >= 0.3 is 0 Å². The second kappa shape index (κ2) is 5.48. The van der Waals surface area contributed by atoms with Crippen LogP contribution >= 0.6 is 0 Å². The number of hydrogen-bond donors (Lipinski definition) is 0. The molecule has 0 heterocycles. The summed E-state index contributed by atoms with van der Waals surface area (Å²) >= 11 is 0. The normalized spacial score (nSPS) is 11.5. The monoisotopic (exact) mass is 229 g/mol. The van der Waals surface area contributed by atoms with Crippen LogP contribution in [0, 0.1) is 0 Å². The van der Waals surface area contributed by atoms with E-state index in [4.69, 9.17) is 0 Å². The third-order valence-corrected chi connectivity index (χ3v) is 2.35. The summed E-state index contributed by atoms with van der Waals surface area (Å²) in [6.07, 6.45) is 5.06. The van der Waals surface area contributed by atoms with Crippen molar-refractivity contribution in [3.63, 3.8) is 0 Å². The highest BCUT2D eigenvalue weighted by molar-refractivity contribution is 5.88. The summed E-state index contributed by atoms with van der Waals surface area (Å²) in [5.74, 6) is -0.0929. The molecule has 0 saturated heterocycles. The van der Waals surface area contributed by atoms with Gasteiger partial charge in [-0.15, -0.1) is 0 Å². The first-order valence-electron chi connectivity index (χ1n) is 5.64. The summed E-state index contributed by atoms with van der Waals surface area (Å²) in [6, 6.07) is 9.89. The minimum Gasteiger partial charge on any atom is -0.310 e. The minimum absolute atomic E-state index is 0.0929. The van der Waals surface area contributed by atoms with Crippen molar-refractivity contribution in [1.29, 1.82) is 0 Å². The van der Waals surface area contributed by atoms with Gasteiger partial charge in [-0.1, -0.05) is 36.9 Å². The molecule has 2 nitrogen and oxygen atoms in total. The molecule has 0 bridgehead atoms. The Hall–Kier alpha value is -1.83. The Bertz CT molecular complexity index is 412. The van der Waals surface area contributed by atoms with Gasteiger partial charge in [0.25, 0.3) is 0 Å². The van der Waals surface area contributed by atoms with E-state index in [1.165, 1.54) is 6.08 Å². The highest BCUT2D eigenvalue weighted by atomic mass is 16.2. The van der Waals surface area contributed by atoms with E-state index in [-0.39, 0.29) is 11.4 Å². The van der Waals surface area contributed by atoms with Crippen molar-refractivity contribution < 1.29 is 4.79 Å². The van der Waals surface area contributed by atoms with Gasteiger partial charge in [-0.25, -0.2) is 0 Å². The quantitative estimate of drug-likeness (QED) is 0.727. The van der Waals surface area contributed by atoms with Crippen molar-refractivity contribution >= 4 is 12.0 Å². The molecule has 0 atom stereocenters. The molecule has 0 spiro atoms. The second-order valence-electron chi connectivity index (χ2n) is 4.81. The number of nitrogens with zero attached hydrogens (tertiary/aromatic N) is 1. The van der Waals surface area contributed by atoms with E-state index in [2.05, 4.69) is 6.58 Å². The van der Waals surface area contributed by atoms with E-state index < -0.39 is 0 Å². The molecule has 0 aliphatic rings. The van der Waals surface area contributed by atoms with Crippen molar-refractivity contribution in [3.05, 3.63) is 54.8 Å². The molecule has 0 saturated carbocycles. The lowest BCUT2D eigenvalue weighted by Crippen LogP contribution is -2.40. The Balaban J connectivity index is 2.91. The Labute approximate surface area is 103 Å². The molecule has 0 radical (unpaired) electrons. The smallest absolute Gasteiger partial charge is 0.250 e. The predicted octanol–water partition coefficient (Wildman–Crippen LogP) is 3.47. The molecular weight excluding hydrogens is 210 g/mol. The van der Waals surface area contributed by atoms with Crippen LogP contribution in [0.15, 0.2) is 49.2 Å². The highest BCUT2D eigenvalue weighted by Gasteiger charge is 2.22. The van der Waals surface area contributed by atoms with E-state index in [1.54, 1.807) is 11.1 Å². The van der Waals surface area contributed by atoms with Crippen molar-refractivity contribution in [1.82, 2.24) is 4.90 Å². The number of carbonyl (C=O) groups is 1. The zero-order chi connectivity index (χ0) is 12.9. The maximum absolute atomic E-state index is 11.7. The standard InChI is InChI=1S/C15H19NO/c1-5-14(17)16(15(2,3)4)12-11-13-9-7-6-8-10-13/h5-12H,1H2,2-4H3. The summed E-state index contributed by atoms with van der Waals surface area (Å²) < 4.78 is 0. The minimum atomic E-state index is -0.253. The summed E-state index contributed by atoms with van der Waals surface area (Å²) in [4.78, 5) is 13.4. The number of rotatable bonds is 3. The average Bonchev–Trinajstić information content (AvgIpc) is 2.28. The molecule has 0 fully saturated rings. The van der Waals surface area contributed by atoms with Crippen LogP contribution in [0.3, 0.4) is 0 Å². The Morgan fingerprint density at radius 2 is 1.82 bits per heavy atom. The van der Waals surface area contributed by atoms with Crippen LogP contribution in [0.2, 0.25) is 0 Å². The lowest BCUT2D eigenvalue weighted by Gasteiger charge is -2.31. The van der Waals surface area contributed by atoms with Gasteiger partial charge in [-0.3, -0.25) is 4.79 Å². The Kier molecular flexibility index (Phi) is 4.27. The molecule has 1 amide bonds. The number of hydrogen-bond acceptors (Lipinski definition) is 1. The highest BCUT2D eigenvalue weighted by Crippen LogP contribution is 2.15. The molecule has 17 heavy (non-hydrogen) atoms. The van der Waals surface area contributed by atoms with Gasteiger partial charge in [0, 0.05) is 11.7 Å². The fourth-order valence-electron chi connectivity index (χ4n) is 1.45. The Morgan fingerprint density at radius 3 is 2.29 bits per heavy atom. The lowest BCUT2D eigenvalue weighted by atomic mass is 10.1. The largest absolute Gasteiger partial charge is 0.310 e. The van der Waals surface area contributed by atoms with E-state index in [0.717, 1.165) is 5.56 Å². The maximum Gasteiger partial charge on any atom is 0.250 e. The number of carbonyl (C=O) groups excluding carboxylic acids is 1. The molecule has 2 heteroatoms. The van der Waals surface area contributed by atoms with Crippen LogP contribution in [0.1, 0.15) is 26.3 Å².